The van der Waals surface area contributed by atoms with Gasteiger partial charge in [-0.3, -0.25) is 14.4 Å². The molecule has 1 aliphatic carbocycles. The molecule has 4 rings (SSSR count). The minimum atomic E-state index is -0.390. The van der Waals surface area contributed by atoms with Crippen LogP contribution in [0, 0.1) is 7.14 Å². The SMILES string of the molecule is O=C(NCc1ccc(I)cc1)c1cc(C(=O)NCc2ccc(I)cc2)cc(C(=O)NC(I)C2=C/C=C\C=C/C=C\2)c1. The van der Waals surface area contributed by atoms with E-state index in [2.05, 4.69) is 83.7 Å². The molecule has 0 heterocycles. The highest BCUT2D eigenvalue weighted by Crippen LogP contribution is 2.17. The van der Waals surface area contributed by atoms with Crippen LogP contribution in [0.3, 0.4) is 0 Å². The molecular formula is C32H26I3N3O3. The molecule has 0 aliphatic heterocycles. The van der Waals surface area contributed by atoms with E-state index in [1.807, 2.05) is 91.1 Å². The van der Waals surface area contributed by atoms with Crippen molar-refractivity contribution in [2.75, 3.05) is 0 Å². The van der Waals surface area contributed by atoms with E-state index in [-0.39, 0.29) is 38.5 Å². The van der Waals surface area contributed by atoms with Crippen LogP contribution in [0.1, 0.15) is 42.2 Å². The van der Waals surface area contributed by atoms with Crippen molar-refractivity contribution in [1.29, 1.82) is 0 Å². The summed E-state index contributed by atoms with van der Waals surface area (Å²) in [6.45, 7) is 0.636. The molecule has 0 fully saturated rings. The molecule has 6 nitrogen and oxygen atoms in total. The number of allylic oxidation sites excluding steroid dienone is 6. The lowest BCUT2D eigenvalue weighted by molar-refractivity contribution is 0.0950. The Bertz CT molecular complexity index is 1460. The van der Waals surface area contributed by atoms with Gasteiger partial charge in [-0.2, -0.15) is 0 Å². The molecule has 3 N–H and O–H groups in total. The molecule has 41 heavy (non-hydrogen) atoms. The standard InChI is InChI=1S/C32H26I3N3O3/c33-27-12-8-21(9-13-27)19-36-30(39)24-16-25(31(40)37-20-22-10-14-28(34)15-11-22)18-26(17-24)32(41)38-29(35)23-6-4-2-1-3-5-7-23/h1-18,29H,19-20H2,(H,36,39)(H,37,40)(H,38,41)/b2-1-,3-1?,4-2?,5-3-,6-4-,7-5?,23-6?,23-7+. The molecule has 0 spiro atoms. The molecular weight excluding hydrogens is 855 g/mol. The number of rotatable bonds is 9. The molecule has 0 bridgehead atoms. The summed E-state index contributed by atoms with van der Waals surface area (Å²) in [6, 6.07) is 20.2. The van der Waals surface area contributed by atoms with Crippen molar-refractivity contribution >= 4 is 85.5 Å². The first-order valence-electron chi connectivity index (χ1n) is 12.7. The van der Waals surface area contributed by atoms with Gasteiger partial charge >= 0.3 is 0 Å². The summed E-state index contributed by atoms with van der Waals surface area (Å²) in [5.74, 6) is -1.14. The maximum atomic E-state index is 13.4. The highest BCUT2D eigenvalue weighted by atomic mass is 127. The molecule has 0 saturated heterocycles. The van der Waals surface area contributed by atoms with E-state index in [0.29, 0.717) is 13.1 Å². The zero-order valence-corrected chi connectivity index (χ0v) is 28.2. The Hall–Kier alpha value is -2.78. The van der Waals surface area contributed by atoms with Crippen LogP contribution in [0.4, 0.5) is 0 Å². The normalized spacial score (nSPS) is 16.6. The van der Waals surface area contributed by atoms with Gasteiger partial charge < -0.3 is 16.0 Å². The van der Waals surface area contributed by atoms with Crippen molar-refractivity contribution in [1.82, 2.24) is 16.0 Å². The first-order chi connectivity index (χ1) is 19.8. The Morgan fingerprint density at radius 1 is 0.610 bits per heavy atom. The summed E-state index contributed by atoms with van der Waals surface area (Å²) < 4.78 is 1.87. The van der Waals surface area contributed by atoms with Crippen LogP contribution < -0.4 is 16.0 Å². The number of alkyl halides is 1. The number of amides is 3. The van der Waals surface area contributed by atoms with Crippen LogP contribution in [-0.4, -0.2) is 21.8 Å². The van der Waals surface area contributed by atoms with Crippen molar-refractivity contribution in [3.63, 3.8) is 0 Å². The minimum Gasteiger partial charge on any atom is -0.348 e. The van der Waals surface area contributed by atoms with Gasteiger partial charge in [0.15, 0.2) is 0 Å². The lowest BCUT2D eigenvalue weighted by Gasteiger charge is -2.15. The van der Waals surface area contributed by atoms with Crippen LogP contribution >= 0.6 is 67.8 Å². The number of hydrogen-bond acceptors (Lipinski definition) is 3. The Morgan fingerprint density at radius 3 is 1.56 bits per heavy atom. The molecule has 0 radical (unpaired) electrons. The van der Waals surface area contributed by atoms with E-state index in [1.165, 1.54) is 18.2 Å². The third-order valence-electron chi connectivity index (χ3n) is 6.02. The summed E-state index contributed by atoms with van der Waals surface area (Å²) in [5.41, 5.74) is 3.47. The fraction of sp³-hybridized carbons (Fsp3) is 0.0938. The third kappa shape index (κ3) is 9.64. The average molecular weight is 881 g/mol. The maximum Gasteiger partial charge on any atom is 0.252 e. The number of carbonyl (C=O) groups is 3. The van der Waals surface area contributed by atoms with Gasteiger partial charge in [-0.25, -0.2) is 0 Å². The predicted molar refractivity (Wildman–Crippen MR) is 188 cm³/mol. The molecule has 9 heteroatoms. The monoisotopic (exact) mass is 881 g/mol. The second-order valence-electron chi connectivity index (χ2n) is 9.05. The molecule has 1 aliphatic rings. The highest BCUT2D eigenvalue weighted by Gasteiger charge is 2.19. The Morgan fingerprint density at radius 2 is 1.05 bits per heavy atom. The average Bonchev–Trinajstić information content (AvgIpc) is 2.95. The van der Waals surface area contributed by atoms with E-state index < -0.39 is 0 Å². The summed E-state index contributed by atoms with van der Waals surface area (Å²) in [7, 11) is 0. The smallest absolute Gasteiger partial charge is 0.252 e. The number of benzene rings is 3. The van der Waals surface area contributed by atoms with Gasteiger partial charge in [-0.1, -0.05) is 89.4 Å². The van der Waals surface area contributed by atoms with Crippen LogP contribution in [0.5, 0.6) is 0 Å². The first kappa shape index (κ1) is 31.2. The fourth-order valence-corrected chi connectivity index (χ4v) is 5.24. The Balaban J connectivity index is 1.55. The van der Waals surface area contributed by atoms with Crippen molar-refractivity contribution in [3.05, 3.63) is 150 Å². The van der Waals surface area contributed by atoms with Gasteiger partial charge in [-0.15, -0.1) is 0 Å². The molecule has 3 aromatic carbocycles. The lowest BCUT2D eigenvalue weighted by atomic mass is 10.0. The second kappa shape index (κ2) is 15.4. The Kier molecular flexibility index (Phi) is 11.7. The molecule has 3 amide bonds. The molecule has 208 valence electrons. The molecule has 0 aromatic heterocycles. The van der Waals surface area contributed by atoms with E-state index in [4.69, 9.17) is 0 Å². The lowest BCUT2D eigenvalue weighted by Crippen LogP contribution is -2.32. The minimum absolute atomic E-state index is 0.221. The number of halogens is 3. The number of nitrogens with one attached hydrogen (secondary N) is 3. The van der Waals surface area contributed by atoms with Crippen molar-refractivity contribution in [2.24, 2.45) is 0 Å². The molecule has 1 unspecified atom stereocenters. The number of hydrogen-bond donors (Lipinski definition) is 3. The van der Waals surface area contributed by atoms with Gasteiger partial charge in [0.2, 0.25) is 0 Å². The third-order valence-corrected chi connectivity index (χ3v) is 8.49. The zero-order valence-electron chi connectivity index (χ0n) is 21.7. The number of carbonyl (C=O) groups excluding carboxylic acids is 3. The molecule has 0 saturated carbocycles. The largest absolute Gasteiger partial charge is 0.348 e. The highest BCUT2D eigenvalue weighted by molar-refractivity contribution is 14.1. The van der Waals surface area contributed by atoms with E-state index in [9.17, 15) is 14.4 Å². The zero-order chi connectivity index (χ0) is 29.2. The summed E-state index contributed by atoms with van der Waals surface area (Å²) in [6.07, 6.45) is 13.4. The van der Waals surface area contributed by atoms with Gasteiger partial charge in [0.1, 0.15) is 4.05 Å². The predicted octanol–water partition coefficient (Wildman–Crippen LogP) is 6.86. The Labute approximate surface area is 280 Å². The van der Waals surface area contributed by atoms with Gasteiger partial charge in [0.05, 0.1) is 0 Å². The van der Waals surface area contributed by atoms with Crippen molar-refractivity contribution < 1.29 is 14.4 Å². The van der Waals surface area contributed by atoms with Crippen LogP contribution in [-0.2, 0) is 13.1 Å². The van der Waals surface area contributed by atoms with E-state index in [1.54, 1.807) is 0 Å². The van der Waals surface area contributed by atoms with Gasteiger partial charge in [0, 0.05) is 36.9 Å². The van der Waals surface area contributed by atoms with E-state index >= 15 is 0 Å². The molecule has 1 atom stereocenters. The topological polar surface area (TPSA) is 87.3 Å². The van der Waals surface area contributed by atoms with Crippen LogP contribution in [0.25, 0.3) is 0 Å². The van der Waals surface area contributed by atoms with Gasteiger partial charge in [-0.05, 0) is 104 Å². The summed E-state index contributed by atoms with van der Waals surface area (Å²) >= 11 is 6.61. The van der Waals surface area contributed by atoms with Crippen molar-refractivity contribution in [2.45, 2.75) is 17.1 Å². The second-order valence-corrected chi connectivity index (χ2v) is 12.8. The van der Waals surface area contributed by atoms with E-state index in [0.717, 1.165) is 23.8 Å². The maximum absolute atomic E-state index is 13.4. The summed E-state index contributed by atoms with van der Waals surface area (Å²) in [4.78, 5) is 39.7. The van der Waals surface area contributed by atoms with Gasteiger partial charge in [0.25, 0.3) is 17.7 Å². The first-order valence-corrected chi connectivity index (χ1v) is 16.1. The quantitative estimate of drug-likeness (QED) is 0.125. The fourth-order valence-electron chi connectivity index (χ4n) is 3.83. The van der Waals surface area contributed by atoms with Crippen molar-refractivity contribution in [3.8, 4) is 0 Å². The van der Waals surface area contributed by atoms with Crippen LogP contribution in [0.2, 0.25) is 0 Å². The van der Waals surface area contributed by atoms with Crippen LogP contribution in [0.15, 0.2) is 115 Å². The molecule has 3 aromatic rings. The summed E-state index contributed by atoms with van der Waals surface area (Å²) in [5, 5.41) is 8.77.